The second kappa shape index (κ2) is 12.5. The predicted octanol–water partition coefficient (Wildman–Crippen LogP) is 7.27. The number of ether oxygens (including phenoxy) is 1. The van der Waals surface area contributed by atoms with Crippen molar-refractivity contribution < 1.29 is 19.4 Å². The van der Waals surface area contributed by atoms with E-state index in [0.717, 1.165) is 35.9 Å². The molecule has 0 aliphatic carbocycles. The molecule has 188 valence electrons. The Bertz CT molecular complexity index is 1090. The van der Waals surface area contributed by atoms with Gasteiger partial charge < -0.3 is 14.7 Å². The van der Waals surface area contributed by atoms with Gasteiger partial charge in [0.1, 0.15) is 0 Å². The molecule has 0 aromatic heterocycles. The monoisotopic (exact) mass is 513 g/mol. The fraction of sp³-hybridized carbons (Fsp3) is 0.464. The van der Waals surface area contributed by atoms with Gasteiger partial charge in [0, 0.05) is 6.54 Å². The normalized spacial score (nSPS) is 20.2. The molecule has 3 rings (SSSR count). The van der Waals surface area contributed by atoms with Crippen molar-refractivity contribution in [3.05, 3.63) is 57.8 Å². The Labute approximate surface area is 218 Å². The number of carboxylic acid groups (broad SMARTS) is 1. The first-order valence-corrected chi connectivity index (χ1v) is 13.6. The summed E-state index contributed by atoms with van der Waals surface area (Å²) in [5, 5.41) is 9.05. The Balaban J connectivity index is 1.76. The van der Waals surface area contributed by atoms with Gasteiger partial charge in [0.15, 0.2) is 11.5 Å². The third-order valence-corrected chi connectivity index (χ3v) is 7.92. The van der Waals surface area contributed by atoms with Crippen molar-refractivity contribution >= 4 is 45.6 Å². The standard InChI is InChI=1S/C28H35NO4S2/c1-5-6-7-8-9-10-13-29-22-15-19(3)20(4)16-23(22)33-25(29)12-11-18(2)14-24-27(32)21(17-26(30)31)28(34)35-24/h11-12,14-16,21H,5-10,13,17H2,1-4H3,(H,30,31)/b18-11+,24-14-,25-12+. The van der Waals surface area contributed by atoms with E-state index in [-0.39, 0.29) is 12.2 Å². The molecule has 7 heteroatoms. The predicted molar refractivity (Wildman–Crippen MR) is 148 cm³/mol. The number of carbonyl (C=O) groups is 2. The number of carboxylic acids is 1. The highest BCUT2D eigenvalue weighted by Gasteiger charge is 2.36. The molecule has 0 bridgehead atoms. The molecular formula is C28H35NO4S2. The molecule has 0 radical (unpaired) electrons. The second-order valence-corrected chi connectivity index (χ2v) is 11.1. The first kappa shape index (κ1) is 27.2. The van der Waals surface area contributed by atoms with Crippen LogP contribution in [0.15, 0.2) is 46.7 Å². The van der Waals surface area contributed by atoms with Crippen LogP contribution < -0.4 is 9.64 Å². The van der Waals surface area contributed by atoms with Crippen LogP contribution in [0.1, 0.15) is 69.9 Å². The van der Waals surface area contributed by atoms with Crippen molar-refractivity contribution in [2.24, 2.45) is 5.92 Å². The number of benzene rings is 1. The number of ketones is 1. The minimum absolute atomic E-state index is 0.206. The van der Waals surface area contributed by atoms with Crippen LogP contribution in [0.3, 0.4) is 0 Å². The van der Waals surface area contributed by atoms with E-state index in [9.17, 15) is 9.59 Å². The largest absolute Gasteiger partial charge is 0.481 e. The van der Waals surface area contributed by atoms with Crippen LogP contribution in [0.2, 0.25) is 0 Å². The van der Waals surface area contributed by atoms with Gasteiger partial charge in [-0.15, -0.1) is 0 Å². The maximum Gasteiger partial charge on any atom is 0.304 e. The number of allylic oxidation sites excluding steroid dienone is 5. The lowest BCUT2D eigenvalue weighted by molar-refractivity contribution is -0.139. The number of aryl methyl sites for hydroxylation is 2. The van der Waals surface area contributed by atoms with Gasteiger partial charge in [0.25, 0.3) is 0 Å². The maximum atomic E-state index is 12.6. The minimum Gasteiger partial charge on any atom is -0.481 e. The van der Waals surface area contributed by atoms with Gasteiger partial charge in [-0.25, -0.2) is 0 Å². The zero-order valence-electron chi connectivity index (χ0n) is 21.1. The average molecular weight is 514 g/mol. The number of unbranched alkanes of at least 4 members (excludes halogenated alkanes) is 5. The number of thioether (sulfide) groups is 1. The van der Waals surface area contributed by atoms with Crippen LogP contribution in [-0.2, 0) is 9.59 Å². The zero-order valence-corrected chi connectivity index (χ0v) is 22.7. The molecule has 0 saturated carbocycles. The Kier molecular flexibility index (Phi) is 9.75. The van der Waals surface area contributed by atoms with E-state index in [1.165, 1.54) is 55.0 Å². The molecule has 1 atom stereocenters. The van der Waals surface area contributed by atoms with Crippen LogP contribution in [0.4, 0.5) is 5.69 Å². The van der Waals surface area contributed by atoms with Crippen LogP contribution in [-0.4, -0.2) is 27.6 Å². The first-order chi connectivity index (χ1) is 16.7. The number of rotatable bonds is 11. The molecule has 5 nitrogen and oxygen atoms in total. The van der Waals surface area contributed by atoms with Crippen LogP contribution in [0.25, 0.3) is 0 Å². The van der Waals surface area contributed by atoms with E-state index >= 15 is 0 Å². The summed E-state index contributed by atoms with van der Waals surface area (Å²) < 4.78 is 6.66. The number of Topliss-reactive ketones (excluding diaryl/α,β-unsaturated/α-hetero) is 1. The Morgan fingerprint density at radius 2 is 1.86 bits per heavy atom. The smallest absolute Gasteiger partial charge is 0.304 e. The van der Waals surface area contributed by atoms with Crippen molar-refractivity contribution in [2.45, 2.75) is 72.6 Å². The van der Waals surface area contributed by atoms with E-state index in [0.29, 0.717) is 9.10 Å². The van der Waals surface area contributed by atoms with Crippen LogP contribution in [0.5, 0.6) is 5.75 Å². The fourth-order valence-corrected chi connectivity index (χ4v) is 5.67. The SMILES string of the molecule is CCCCCCCCN1\C(=C/C=C(C)/C=C2\SC(=S)C(CC(=O)O)C2=O)Oc2cc(C)c(C)cc21. The van der Waals surface area contributed by atoms with E-state index in [4.69, 9.17) is 22.1 Å². The summed E-state index contributed by atoms with van der Waals surface area (Å²) in [6.07, 6.45) is 12.8. The first-order valence-electron chi connectivity index (χ1n) is 12.4. The number of fused-ring (bicyclic) bond motifs is 1. The van der Waals surface area contributed by atoms with Gasteiger partial charge in [-0.1, -0.05) is 69.1 Å². The zero-order chi connectivity index (χ0) is 25.5. The van der Waals surface area contributed by atoms with Crippen LogP contribution in [0, 0.1) is 19.8 Å². The van der Waals surface area contributed by atoms with Crippen molar-refractivity contribution in [2.75, 3.05) is 11.4 Å². The van der Waals surface area contributed by atoms with Gasteiger partial charge in [0.05, 0.1) is 27.1 Å². The lowest BCUT2D eigenvalue weighted by atomic mass is 10.0. The molecule has 2 aliphatic rings. The van der Waals surface area contributed by atoms with E-state index < -0.39 is 11.9 Å². The molecule has 1 N–H and O–H groups in total. The topological polar surface area (TPSA) is 66.8 Å². The molecule has 35 heavy (non-hydrogen) atoms. The van der Waals surface area contributed by atoms with Crippen molar-refractivity contribution in [3.63, 3.8) is 0 Å². The third-order valence-electron chi connectivity index (χ3n) is 6.36. The summed E-state index contributed by atoms with van der Waals surface area (Å²) in [5.74, 6) is -0.294. The van der Waals surface area contributed by atoms with Crippen molar-refractivity contribution in [1.82, 2.24) is 0 Å². The molecule has 0 amide bonds. The number of carbonyl (C=O) groups excluding carboxylic acids is 1. The summed E-state index contributed by atoms with van der Waals surface area (Å²) in [4.78, 5) is 26.4. The molecule has 1 fully saturated rings. The molecule has 2 aliphatic heterocycles. The van der Waals surface area contributed by atoms with E-state index in [2.05, 4.69) is 37.8 Å². The summed E-state index contributed by atoms with van der Waals surface area (Å²) in [6, 6.07) is 4.29. The second-order valence-electron chi connectivity index (χ2n) is 9.29. The molecule has 1 aromatic carbocycles. The van der Waals surface area contributed by atoms with Crippen molar-refractivity contribution in [3.8, 4) is 5.75 Å². The highest BCUT2D eigenvalue weighted by molar-refractivity contribution is 8.27. The Morgan fingerprint density at radius 1 is 1.17 bits per heavy atom. The highest BCUT2D eigenvalue weighted by atomic mass is 32.2. The van der Waals surface area contributed by atoms with E-state index in [1.807, 2.05) is 19.1 Å². The Morgan fingerprint density at radius 3 is 2.57 bits per heavy atom. The van der Waals surface area contributed by atoms with Crippen molar-refractivity contribution in [1.29, 1.82) is 0 Å². The quantitative estimate of drug-likeness (QED) is 0.190. The molecule has 1 aromatic rings. The summed E-state index contributed by atoms with van der Waals surface area (Å²) in [7, 11) is 0. The van der Waals surface area contributed by atoms with Gasteiger partial charge in [0.2, 0.25) is 5.88 Å². The number of thiocarbonyl (C=S) groups is 1. The lowest BCUT2D eigenvalue weighted by Crippen LogP contribution is -2.21. The average Bonchev–Trinajstić information content (AvgIpc) is 3.26. The molecular weight excluding hydrogens is 478 g/mol. The minimum atomic E-state index is -1.02. The maximum absolute atomic E-state index is 12.6. The summed E-state index contributed by atoms with van der Waals surface area (Å²) in [6.45, 7) is 9.25. The number of hydrogen-bond acceptors (Lipinski definition) is 6. The lowest BCUT2D eigenvalue weighted by Gasteiger charge is -2.18. The number of hydrogen-bond donors (Lipinski definition) is 1. The third kappa shape index (κ3) is 7.07. The van der Waals surface area contributed by atoms with E-state index in [1.54, 1.807) is 6.08 Å². The highest BCUT2D eigenvalue weighted by Crippen LogP contribution is 2.41. The van der Waals surface area contributed by atoms with Gasteiger partial charge in [-0.3, -0.25) is 9.59 Å². The number of anilines is 1. The molecule has 1 unspecified atom stereocenters. The number of nitrogens with zero attached hydrogens (tertiary/aromatic N) is 1. The van der Waals surface area contributed by atoms with Crippen LogP contribution >= 0.6 is 24.0 Å². The number of aliphatic carboxylic acids is 1. The molecule has 0 spiro atoms. The summed E-state index contributed by atoms with van der Waals surface area (Å²) in [5.41, 5.74) is 4.41. The van der Waals surface area contributed by atoms with Gasteiger partial charge in [-0.05, 0) is 68.2 Å². The molecule has 1 saturated heterocycles. The summed E-state index contributed by atoms with van der Waals surface area (Å²) >= 11 is 6.45. The molecule has 2 heterocycles. The Hall–Kier alpha value is -2.38. The fourth-order valence-electron chi connectivity index (χ4n) is 4.18. The van der Waals surface area contributed by atoms with Gasteiger partial charge in [-0.2, -0.15) is 0 Å². The van der Waals surface area contributed by atoms with Gasteiger partial charge >= 0.3 is 5.97 Å².